The quantitative estimate of drug-likeness (QED) is 0.767. The van der Waals surface area contributed by atoms with Crippen molar-refractivity contribution in [2.45, 2.75) is 33.3 Å². The first-order valence-corrected chi connectivity index (χ1v) is 8.05. The molecule has 0 aromatic heterocycles. The maximum Gasteiger partial charge on any atom is 0.318 e. The minimum Gasteiger partial charge on any atom is -0.480 e. The van der Waals surface area contributed by atoms with Crippen molar-refractivity contribution < 1.29 is 23.1 Å². The van der Waals surface area contributed by atoms with Crippen LogP contribution in [0.3, 0.4) is 0 Å². The molecule has 7 nitrogen and oxygen atoms in total. The Morgan fingerprint density at radius 1 is 1.45 bits per heavy atom. The maximum atomic E-state index is 12.6. The van der Waals surface area contributed by atoms with Crippen LogP contribution >= 0.6 is 0 Å². The lowest BCUT2D eigenvalue weighted by Crippen LogP contribution is -2.55. The van der Waals surface area contributed by atoms with Gasteiger partial charge in [0.1, 0.15) is 6.54 Å². The average molecular weight is 308 g/mol. The molecule has 1 heterocycles. The van der Waals surface area contributed by atoms with E-state index in [-0.39, 0.29) is 25.6 Å². The molecule has 0 radical (unpaired) electrons. The van der Waals surface area contributed by atoms with Crippen molar-refractivity contribution in [2.75, 3.05) is 32.8 Å². The summed E-state index contributed by atoms with van der Waals surface area (Å²) in [4.78, 5) is 10.9. The van der Waals surface area contributed by atoms with Crippen molar-refractivity contribution in [3.8, 4) is 0 Å². The van der Waals surface area contributed by atoms with E-state index in [1.165, 1.54) is 4.31 Å². The molecule has 1 aliphatic rings. The molecule has 20 heavy (non-hydrogen) atoms. The van der Waals surface area contributed by atoms with Gasteiger partial charge in [-0.05, 0) is 19.8 Å². The summed E-state index contributed by atoms with van der Waals surface area (Å²) in [6.07, 6.45) is 0. The van der Waals surface area contributed by atoms with Crippen LogP contribution in [0.25, 0.3) is 0 Å². The van der Waals surface area contributed by atoms with Crippen LogP contribution in [0.5, 0.6) is 0 Å². The van der Waals surface area contributed by atoms with Gasteiger partial charge in [-0.2, -0.15) is 17.0 Å². The molecule has 0 amide bonds. The van der Waals surface area contributed by atoms with E-state index in [2.05, 4.69) is 0 Å². The van der Waals surface area contributed by atoms with Crippen molar-refractivity contribution in [2.24, 2.45) is 5.92 Å². The van der Waals surface area contributed by atoms with Gasteiger partial charge in [0.2, 0.25) is 0 Å². The van der Waals surface area contributed by atoms with E-state index in [0.717, 1.165) is 4.31 Å². The van der Waals surface area contributed by atoms with Gasteiger partial charge < -0.3 is 9.84 Å². The first-order chi connectivity index (χ1) is 9.04. The fourth-order valence-electron chi connectivity index (χ4n) is 2.13. The van der Waals surface area contributed by atoms with Gasteiger partial charge in [-0.1, -0.05) is 13.8 Å². The van der Waals surface area contributed by atoms with Crippen molar-refractivity contribution in [3.63, 3.8) is 0 Å². The van der Waals surface area contributed by atoms with Crippen LogP contribution < -0.4 is 0 Å². The second-order valence-electron chi connectivity index (χ2n) is 6.03. The number of hydrogen-bond acceptors (Lipinski definition) is 4. The number of aliphatic carboxylic acids is 1. The zero-order valence-electron chi connectivity index (χ0n) is 12.5. The second kappa shape index (κ2) is 6.38. The summed E-state index contributed by atoms with van der Waals surface area (Å²) in [5.41, 5.74) is -0.557. The number of ether oxygens (including phenoxy) is 1. The first kappa shape index (κ1) is 17.4. The minimum absolute atomic E-state index is 0.0539. The Morgan fingerprint density at radius 3 is 2.50 bits per heavy atom. The normalized spacial score (nSPS) is 20.5. The van der Waals surface area contributed by atoms with E-state index in [4.69, 9.17) is 9.84 Å². The molecule has 0 aromatic rings. The molecule has 0 bridgehead atoms. The van der Waals surface area contributed by atoms with Crippen LogP contribution in [0.15, 0.2) is 0 Å². The molecule has 0 aliphatic carbocycles. The highest BCUT2D eigenvalue weighted by Gasteiger charge is 2.38. The largest absolute Gasteiger partial charge is 0.480 e. The van der Waals surface area contributed by atoms with Crippen molar-refractivity contribution in [1.29, 1.82) is 0 Å². The summed E-state index contributed by atoms with van der Waals surface area (Å²) in [6.45, 7) is 7.81. The van der Waals surface area contributed by atoms with Gasteiger partial charge in [0.25, 0.3) is 10.2 Å². The molecular formula is C12H24N2O5S. The van der Waals surface area contributed by atoms with Crippen LogP contribution in [-0.2, 0) is 19.7 Å². The van der Waals surface area contributed by atoms with Crippen LogP contribution in [0, 0.1) is 5.92 Å². The summed E-state index contributed by atoms with van der Waals surface area (Å²) >= 11 is 0. The SMILES string of the molecule is CC(C)CN(CC(=O)O)S(=O)(=O)N1CCOC(C)(C)C1. The second-order valence-corrected chi connectivity index (χ2v) is 7.96. The van der Waals surface area contributed by atoms with E-state index < -0.39 is 28.3 Å². The number of hydrogen-bond donors (Lipinski definition) is 1. The lowest BCUT2D eigenvalue weighted by atomic mass is 10.1. The highest BCUT2D eigenvalue weighted by Crippen LogP contribution is 2.21. The third-order valence-electron chi connectivity index (χ3n) is 2.92. The summed E-state index contributed by atoms with van der Waals surface area (Å²) in [5.74, 6) is -1.10. The van der Waals surface area contributed by atoms with E-state index in [9.17, 15) is 13.2 Å². The Hall–Kier alpha value is -0.700. The van der Waals surface area contributed by atoms with Gasteiger partial charge in [0, 0.05) is 19.6 Å². The fourth-order valence-corrected chi connectivity index (χ4v) is 4.00. The zero-order chi connectivity index (χ0) is 15.6. The monoisotopic (exact) mass is 308 g/mol. The highest BCUT2D eigenvalue weighted by molar-refractivity contribution is 7.86. The lowest BCUT2D eigenvalue weighted by Gasteiger charge is -2.39. The number of carbonyl (C=O) groups is 1. The molecule has 0 atom stereocenters. The topological polar surface area (TPSA) is 87.2 Å². The van der Waals surface area contributed by atoms with Gasteiger partial charge in [-0.25, -0.2) is 0 Å². The maximum absolute atomic E-state index is 12.6. The molecule has 0 saturated carbocycles. The Bertz CT molecular complexity index is 447. The Balaban J connectivity index is 2.94. The number of carboxylic acids is 1. The highest BCUT2D eigenvalue weighted by atomic mass is 32.2. The molecule has 8 heteroatoms. The molecule has 1 N–H and O–H groups in total. The summed E-state index contributed by atoms with van der Waals surface area (Å²) < 4.78 is 33.0. The molecular weight excluding hydrogens is 284 g/mol. The summed E-state index contributed by atoms with van der Waals surface area (Å²) in [5, 5.41) is 8.91. The first-order valence-electron chi connectivity index (χ1n) is 6.65. The Morgan fingerprint density at radius 2 is 2.05 bits per heavy atom. The smallest absolute Gasteiger partial charge is 0.318 e. The number of carboxylic acid groups (broad SMARTS) is 1. The standard InChI is InChI=1S/C12H24N2O5S/c1-10(2)7-14(8-11(15)16)20(17,18)13-5-6-19-12(3,4)9-13/h10H,5-9H2,1-4H3,(H,15,16). The third kappa shape index (κ3) is 4.69. The van der Waals surface area contributed by atoms with Crippen LogP contribution in [0.4, 0.5) is 0 Å². The van der Waals surface area contributed by atoms with E-state index in [0.29, 0.717) is 6.61 Å². The van der Waals surface area contributed by atoms with Crippen LogP contribution in [-0.4, -0.2) is 66.5 Å². The number of rotatable bonds is 6. The average Bonchev–Trinajstić information content (AvgIpc) is 2.25. The van der Waals surface area contributed by atoms with Gasteiger partial charge in [0.05, 0.1) is 12.2 Å². The van der Waals surface area contributed by atoms with Crippen LogP contribution in [0.2, 0.25) is 0 Å². The van der Waals surface area contributed by atoms with E-state index in [1.54, 1.807) is 0 Å². The molecule has 1 saturated heterocycles. The zero-order valence-corrected chi connectivity index (χ0v) is 13.3. The molecule has 0 aromatic carbocycles. The predicted molar refractivity (Wildman–Crippen MR) is 74.6 cm³/mol. The third-order valence-corrected chi connectivity index (χ3v) is 4.82. The molecule has 118 valence electrons. The van der Waals surface area contributed by atoms with Crippen molar-refractivity contribution >= 4 is 16.2 Å². The molecule has 1 rings (SSSR count). The molecule has 0 unspecified atom stereocenters. The molecule has 1 fully saturated rings. The van der Waals surface area contributed by atoms with Gasteiger partial charge in [0.15, 0.2) is 0 Å². The van der Waals surface area contributed by atoms with Crippen molar-refractivity contribution in [3.05, 3.63) is 0 Å². The predicted octanol–water partition coefficient (Wildman–Crippen LogP) is 0.385. The van der Waals surface area contributed by atoms with E-state index in [1.807, 2.05) is 27.7 Å². The summed E-state index contributed by atoms with van der Waals surface area (Å²) in [7, 11) is -3.78. The van der Waals surface area contributed by atoms with Gasteiger partial charge >= 0.3 is 5.97 Å². The van der Waals surface area contributed by atoms with Crippen molar-refractivity contribution in [1.82, 2.24) is 8.61 Å². The fraction of sp³-hybridized carbons (Fsp3) is 0.917. The minimum atomic E-state index is -3.78. The van der Waals surface area contributed by atoms with E-state index >= 15 is 0 Å². The number of nitrogens with zero attached hydrogens (tertiary/aromatic N) is 2. The summed E-state index contributed by atoms with van der Waals surface area (Å²) in [6, 6.07) is 0. The Labute approximate surface area is 120 Å². The molecule has 0 spiro atoms. The van der Waals surface area contributed by atoms with Gasteiger partial charge in [-0.15, -0.1) is 0 Å². The molecule has 1 aliphatic heterocycles. The Kier molecular flexibility index (Phi) is 5.54. The number of morpholine rings is 1. The lowest BCUT2D eigenvalue weighted by molar-refractivity contribution is -0.137. The van der Waals surface area contributed by atoms with Crippen LogP contribution in [0.1, 0.15) is 27.7 Å². The van der Waals surface area contributed by atoms with Gasteiger partial charge in [-0.3, -0.25) is 4.79 Å².